The van der Waals surface area contributed by atoms with Crippen LogP contribution >= 0.6 is 0 Å². The predicted octanol–water partition coefficient (Wildman–Crippen LogP) is 4.29. The first kappa shape index (κ1) is 22.5. The third kappa shape index (κ3) is 4.30. The zero-order chi connectivity index (χ0) is 22.2. The smallest absolute Gasteiger partial charge is 0.243 e. The second-order valence-corrected chi connectivity index (χ2v) is 10.5. The van der Waals surface area contributed by atoms with Gasteiger partial charge in [0.25, 0.3) is 0 Å². The van der Waals surface area contributed by atoms with E-state index in [2.05, 4.69) is 0 Å². The van der Waals surface area contributed by atoms with Crippen molar-refractivity contribution in [3.8, 4) is 0 Å². The van der Waals surface area contributed by atoms with Gasteiger partial charge in [-0.1, -0.05) is 23.8 Å². The zero-order valence-corrected chi connectivity index (χ0v) is 19.6. The van der Waals surface area contributed by atoms with Crippen LogP contribution < -0.4 is 4.90 Å². The molecule has 6 heteroatoms. The van der Waals surface area contributed by atoms with Gasteiger partial charge in [0.1, 0.15) is 0 Å². The molecule has 1 aliphatic heterocycles. The van der Waals surface area contributed by atoms with Crippen LogP contribution in [0.1, 0.15) is 40.7 Å². The Hall–Kier alpha value is -2.18. The lowest BCUT2D eigenvalue weighted by Gasteiger charge is -2.34. The molecular formula is C24H32N2O3S. The van der Waals surface area contributed by atoms with E-state index in [4.69, 9.17) is 0 Å². The van der Waals surface area contributed by atoms with E-state index in [-0.39, 0.29) is 18.4 Å². The van der Waals surface area contributed by atoms with Crippen LogP contribution in [-0.4, -0.2) is 38.8 Å². The summed E-state index contributed by atoms with van der Waals surface area (Å²) in [7, 11) is -1.87. The summed E-state index contributed by atoms with van der Waals surface area (Å²) in [4.78, 5) is 15.2. The number of anilines is 1. The van der Waals surface area contributed by atoms with Crippen molar-refractivity contribution in [2.75, 3.05) is 25.0 Å². The summed E-state index contributed by atoms with van der Waals surface area (Å²) in [5.41, 5.74) is 5.71. The van der Waals surface area contributed by atoms with Crippen LogP contribution in [-0.2, 0) is 14.8 Å². The van der Waals surface area contributed by atoms with E-state index in [0.717, 1.165) is 27.9 Å². The van der Waals surface area contributed by atoms with Crippen LogP contribution in [0.3, 0.4) is 0 Å². The lowest BCUT2D eigenvalue weighted by Crippen LogP contribution is -2.46. The lowest BCUT2D eigenvalue weighted by molar-refractivity contribution is -0.123. The minimum Gasteiger partial charge on any atom is -0.315 e. The van der Waals surface area contributed by atoms with E-state index in [1.165, 1.54) is 9.87 Å². The zero-order valence-electron chi connectivity index (χ0n) is 18.8. The molecule has 0 N–H and O–H groups in total. The summed E-state index contributed by atoms with van der Waals surface area (Å²) < 4.78 is 28.4. The summed E-state index contributed by atoms with van der Waals surface area (Å²) in [5, 5.41) is 0. The van der Waals surface area contributed by atoms with Gasteiger partial charge in [0.2, 0.25) is 15.9 Å². The first-order chi connectivity index (χ1) is 14.0. The van der Waals surface area contributed by atoms with Crippen LogP contribution in [0.4, 0.5) is 5.69 Å². The minimum atomic E-state index is -3.65. The number of rotatable bonds is 4. The summed E-state index contributed by atoms with van der Waals surface area (Å²) in [5.74, 6) is -0.373. The van der Waals surface area contributed by atoms with Gasteiger partial charge in [-0.15, -0.1) is 0 Å². The first-order valence-corrected chi connectivity index (χ1v) is 11.9. The van der Waals surface area contributed by atoms with Crippen molar-refractivity contribution >= 4 is 21.6 Å². The molecule has 2 aromatic rings. The van der Waals surface area contributed by atoms with Gasteiger partial charge in [-0.05, 0) is 81.8 Å². The normalized spacial score (nSPS) is 17.7. The summed E-state index contributed by atoms with van der Waals surface area (Å²) in [6.45, 7) is 10.4. The maximum Gasteiger partial charge on any atom is 0.243 e. The molecule has 0 saturated carbocycles. The highest BCUT2D eigenvalue weighted by molar-refractivity contribution is 7.89. The standard InChI is InChI=1S/C24H32N2O3S/c1-16-12-19(4)23(20(5)13-16)30(28,29)26-11-7-8-21(15-26)24(27)25(6)22-10-9-17(2)18(3)14-22/h9-10,12-14,21H,7-8,11,15H2,1-6H3/t21-/m1/s1. The highest BCUT2D eigenvalue weighted by Gasteiger charge is 2.36. The van der Waals surface area contributed by atoms with Crippen molar-refractivity contribution in [1.29, 1.82) is 0 Å². The molecule has 0 aromatic heterocycles. The Morgan fingerprint density at radius 1 is 0.967 bits per heavy atom. The maximum absolute atomic E-state index is 13.4. The van der Waals surface area contributed by atoms with E-state index in [1.54, 1.807) is 11.9 Å². The van der Waals surface area contributed by atoms with Gasteiger partial charge in [0.15, 0.2) is 0 Å². The number of carbonyl (C=O) groups is 1. The van der Waals surface area contributed by atoms with Gasteiger partial charge in [-0.2, -0.15) is 4.31 Å². The molecule has 1 aliphatic rings. The van der Waals surface area contributed by atoms with Crippen LogP contribution in [0.15, 0.2) is 35.2 Å². The molecule has 3 rings (SSSR count). The molecule has 0 bridgehead atoms. The van der Waals surface area contributed by atoms with E-state index < -0.39 is 10.0 Å². The number of piperidine rings is 1. The van der Waals surface area contributed by atoms with Crippen molar-refractivity contribution in [1.82, 2.24) is 4.31 Å². The highest BCUT2D eigenvalue weighted by Crippen LogP contribution is 2.30. The number of hydrogen-bond donors (Lipinski definition) is 0. The van der Waals surface area contributed by atoms with E-state index >= 15 is 0 Å². The van der Waals surface area contributed by atoms with Gasteiger partial charge < -0.3 is 4.90 Å². The number of benzene rings is 2. The van der Waals surface area contributed by atoms with Crippen LogP contribution in [0.5, 0.6) is 0 Å². The van der Waals surface area contributed by atoms with E-state index in [9.17, 15) is 13.2 Å². The highest BCUT2D eigenvalue weighted by atomic mass is 32.2. The Bertz CT molecular complexity index is 1050. The second kappa shape index (κ2) is 8.52. The first-order valence-electron chi connectivity index (χ1n) is 10.4. The number of nitrogens with zero attached hydrogens (tertiary/aromatic N) is 2. The quantitative estimate of drug-likeness (QED) is 0.730. The molecule has 30 heavy (non-hydrogen) atoms. The average molecular weight is 429 g/mol. The monoisotopic (exact) mass is 428 g/mol. The maximum atomic E-state index is 13.4. The van der Waals surface area contributed by atoms with Crippen LogP contribution in [0.25, 0.3) is 0 Å². The van der Waals surface area contributed by atoms with E-state index in [1.807, 2.05) is 65.0 Å². The minimum absolute atomic E-state index is 0.0319. The third-order valence-corrected chi connectivity index (χ3v) is 8.32. The Morgan fingerprint density at radius 2 is 1.60 bits per heavy atom. The van der Waals surface area contributed by atoms with Gasteiger partial charge in [0, 0.05) is 25.8 Å². The molecule has 0 unspecified atom stereocenters. The second-order valence-electron chi connectivity index (χ2n) is 8.60. The molecule has 1 heterocycles. The third-order valence-electron chi connectivity index (χ3n) is 6.14. The summed E-state index contributed by atoms with van der Waals surface area (Å²) >= 11 is 0. The predicted molar refractivity (Wildman–Crippen MR) is 121 cm³/mol. The molecule has 1 atom stereocenters. The molecular weight excluding hydrogens is 396 g/mol. The van der Waals surface area contributed by atoms with Gasteiger partial charge in [-0.25, -0.2) is 8.42 Å². The molecule has 0 aliphatic carbocycles. The van der Waals surface area contributed by atoms with Crippen molar-refractivity contribution in [3.63, 3.8) is 0 Å². The number of sulfonamides is 1. The summed E-state index contributed by atoms with van der Waals surface area (Å²) in [6.07, 6.45) is 1.38. The van der Waals surface area contributed by atoms with Crippen LogP contribution in [0.2, 0.25) is 0 Å². The Morgan fingerprint density at radius 3 is 2.20 bits per heavy atom. The topological polar surface area (TPSA) is 57.7 Å². The fourth-order valence-electron chi connectivity index (χ4n) is 4.40. The molecule has 1 amide bonds. The molecule has 0 spiro atoms. The van der Waals surface area contributed by atoms with Gasteiger partial charge in [0.05, 0.1) is 10.8 Å². The Kier molecular flexibility index (Phi) is 6.39. The Labute approximate surface area is 180 Å². The Balaban J connectivity index is 1.84. The summed E-state index contributed by atoms with van der Waals surface area (Å²) in [6, 6.07) is 9.76. The largest absolute Gasteiger partial charge is 0.315 e. The van der Waals surface area contributed by atoms with Crippen LogP contribution in [0, 0.1) is 40.5 Å². The fraction of sp³-hybridized carbons (Fsp3) is 0.458. The molecule has 0 radical (unpaired) electrons. The molecule has 162 valence electrons. The van der Waals surface area contributed by atoms with Gasteiger partial charge in [-0.3, -0.25) is 4.79 Å². The van der Waals surface area contributed by atoms with Gasteiger partial charge >= 0.3 is 0 Å². The number of amides is 1. The number of carbonyl (C=O) groups excluding carboxylic acids is 1. The lowest BCUT2D eigenvalue weighted by atomic mass is 9.98. The van der Waals surface area contributed by atoms with Crippen molar-refractivity contribution in [2.45, 2.75) is 52.4 Å². The van der Waals surface area contributed by atoms with Crippen molar-refractivity contribution in [3.05, 3.63) is 58.1 Å². The molecule has 5 nitrogen and oxygen atoms in total. The number of aryl methyl sites for hydroxylation is 5. The fourth-order valence-corrected chi connectivity index (χ4v) is 6.34. The molecule has 2 aromatic carbocycles. The average Bonchev–Trinajstić information content (AvgIpc) is 2.68. The SMILES string of the molecule is Cc1cc(C)c(S(=O)(=O)N2CCC[C@@H](C(=O)N(C)c3ccc(C)c(C)c3)C2)c(C)c1. The van der Waals surface area contributed by atoms with E-state index in [0.29, 0.717) is 24.3 Å². The molecule has 1 fully saturated rings. The van der Waals surface area contributed by atoms with Crippen molar-refractivity contribution < 1.29 is 13.2 Å². The molecule has 1 saturated heterocycles. The number of hydrogen-bond acceptors (Lipinski definition) is 3. The van der Waals surface area contributed by atoms with Crippen molar-refractivity contribution in [2.24, 2.45) is 5.92 Å².